The van der Waals surface area contributed by atoms with Crippen LogP contribution in [-0.4, -0.2) is 31.8 Å². The van der Waals surface area contributed by atoms with Crippen LogP contribution in [0.4, 0.5) is 0 Å². The lowest BCUT2D eigenvalue weighted by Gasteiger charge is -1.90. The summed E-state index contributed by atoms with van der Waals surface area (Å²) in [4.78, 5) is 7.99. The molecule has 0 unspecified atom stereocenters. The summed E-state index contributed by atoms with van der Waals surface area (Å²) < 4.78 is 0. The summed E-state index contributed by atoms with van der Waals surface area (Å²) in [5, 5.41) is 2.94. The lowest BCUT2D eigenvalue weighted by Crippen LogP contribution is -2.16. The number of nitrogens with two attached hydrogens (primary N) is 1. The lowest BCUT2D eigenvalue weighted by atomic mass is 10.6. The molecular weight excluding hydrogens is 116 g/mol. The van der Waals surface area contributed by atoms with Gasteiger partial charge in [0.2, 0.25) is 0 Å². The highest BCUT2D eigenvalue weighted by Crippen LogP contribution is 1.89. The van der Waals surface area contributed by atoms with E-state index in [1.807, 2.05) is 7.05 Å². The van der Waals surface area contributed by atoms with Gasteiger partial charge in [0.1, 0.15) is 11.7 Å². The highest BCUT2D eigenvalue weighted by molar-refractivity contribution is 6.03. The average Bonchev–Trinajstić information content (AvgIpc) is 2.17. The molecule has 0 aliphatic carbocycles. The van der Waals surface area contributed by atoms with E-state index >= 15 is 0 Å². The van der Waals surface area contributed by atoms with Crippen LogP contribution in [0.25, 0.3) is 0 Å². The maximum absolute atomic E-state index is 5.36. The quantitative estimate of drug-likeness (QED) is 0.497. The molecule has 4 heteroatoms. The summed E-state index contributed by atoms with van der Waals surface area (Å²) in [5.41, 5.74) is 5.36. The van der Waals surface area contributed by atoms with Crippen LogP contribution < -0.4 is 11.1 Å². The molecule has 3 N–H and O–H groups in total. The van der Waals surface area contributed by atoms with Crippen molar-refractivity contribution in [3.63, 3.8) is 0 Å². The van der Waals surface area contributed by atoms with E-state index in [1.54, 1.807) is 0 Å². The number of hydrogen-bond donors (Lipinski definition) is 2. The summed E-state index contributed by atoms with van der Waals surface area (Å²) in [7, 11) is 1.85. The van der Waals surface area contributed by atoms with Gasteiger partial charge in [0.15, 0.2) is 0 Å². The molecular formula is C5H10N4. The van der Waals surface area contributed by atoms with Crippen LogP contribution in [0.15, 0.2) is 9.98 Å². The van der Waals surface area contributed by atoms with Gasteiger partial charge in [-0.2, -0.15) is 0 Å². The normalized spacial score (nSPS) is 17.4. The Balaban J connectivity index is 2.43. The molecule has 4 nitrogen and oxygen atoms in total. The fraction of sp³-hybridized carbons (Fsp3) is 0.600. The van der Waals surface area contributed by atoms with Crippen molar-refractivity contribution in [2.45, 2.75) is 0 Å². The van der Waals surface area contributed by atoms with E-state index in [0.717, 1.165) is 5.84 Å². The second-order valence-corrected chi connectivity index (χ2v) is 1.87. The van der Waals surface area contributed by atoms with Crippen LogP contribution in [0.1, 0.15) is 0 Å². The molecule has 50 valence electrons. The topological polar surface area (TPSA) is 62.8 Å². The van der Waals surface area contributed by atoms with Crippen LogP contribution >= 0.6 is 0 Å². The standard InChI is InChI=1S/C5H10N4/c1-7-3-5-8-2-4(6)9-5/h7H,2-3H2,1H3,(H2,6,8,9). The Morgan fingerprint density at radius 1 is 1.78 bits per heavy atom. The minimum absolute atomic E-state index is 0.566. The largest absolute Gasteiger partial charge is 0.386 e. The first-order chi connectivity index (χ1) is 4.33. The Bertz CT molecular complexity index is 158. The fourth-order valence-electron chi connectivity index (χ4n) is 0.662. The number of hydrogen-bond acceptors (Lipinski definition) is 4. The van der Waals surface area contributed by atoms with E-state index in [0.29, 0.717) is 18.9 Å². The first-order valence-electron chi connectivity index (χ1n) is 2.84. The molecule has 1 heterocycles. The highest BCUT2D eigenvalue weighted by atomic mass is 15.1. The monoisotopic (exact) mass is 126 g/mol. The van der Waals surface area contributed by atoms with Gasteiger partial charge < -0.3 is 11.1 Å². The van der Waals surface area contributed by atoms with Gasteiger partial charge in [-0.25, -0.2) is 4.99 Å². The zero-order valence-corrected chi connectivity index (χ0v) is 5.39. The maximum Gasteiger partial charge on any atom is 0.139 e. The second kappa shape index (κ2) is 2.59. The number of amidine groups is 2. The summed E-state index contributed by atoms with van der Waals surface area (Å²) in [6.07, 6.45) is 0. The first-order valence-corrected chi connectivity index (χ1v) is 2.84. The Morgan fingerprint density at radius 2 is 2.56 bits per heavy atom. The number of nitrogens with zero attached hydrogens (tertiary/aromatic N) is 2. The van der Waals surface area contributed by atoms with Crippen molar-refractivity contribution in [2.24, 2.45) is 15.7 Å². The summed E-state index contributed by atoms with van der Waals surface area (Å²) in [6.45, 7) is 1.28. The minimum Gasteiger partial charge on any atom is -0.386 e. The smallest absolute Gasteiger partial charge is 0.139 e. The molecule has 0 aromatic rings. The first kappa shape index (κ1) is 6.22. The van der Waals surface area contributed by atoms with Gasteiger partial charge in [0.05, 0.1) is 13.1 Å². The molecule has 0 aromatic carbocycles. The third-order valence-corrected chi connectivity index (χ3v) is 1.03. The van der Waals surface area contributed by atoms with Crippen molar-refractivity contribution in [3.05, 3.63) is 0 Å². The molecule has 0 radical (unpaired) electrons. The van der Waals surface area contributed by atoms with Gasteiger partial charge in [0, 0.05) is 0 Å². The SMILES string of the molecule is CNCC1=NCC(N)=N1. The molecule has 0 bridgehead atoms. The molecule has 0 saturated heterocycles. The van der Waals surface area contributed by atoms with E-state index in [1.165, 1.54) is 0 Å². The molecule has 0 aromatic heterocycles. The third kappa shape index (κ3) is 1.50. The number of rotatable bonds is 2. The zero-order valence-electron chi connectivity index (χ0n) is 5.39. The Kier molecular flexibility index (Phi) is 1.79. The van der Waals surface area contributed by atoms with Crippen LogP contribution in [0.3, 0.4) is 0 Å². The molecule has 1 aliphatic heterocycles. The van der Waals surface area contributed by atoms with Gasteiger partial charge in [-0.3, -0.25) is 4.99 Å². The van der Waals surface area contributed by atoms with Gasteiger partial charge >= 0.3 is 0 Å². The molecule has 0 amide bonds. The van der Waals surface area contributed by atoms with Gasteiger partial charge in [-0.15, -0.1) is 0 Å². The summed E-state index contributed by atoms with van der Waals surface area (Å²) in [6, 6.07) is 0. The molecule has 0 spiro atoms. The van der Waals surface area contributed by atoms with Crippen molar-refractivity contribution in [1.29, 1.82) is 0 Å². The number of nitrogens with one attached hydrogen (secondary N) is 1. The van der Waals surface area contributed by atoms with E-state index in [2.05, 4.69) is 15.3 Å². The highest BCUT2D eigenvalue weighted by Gasteiger charge is 2.03. The van der Waals surface area contributed by atoms with Crippen molar-refractivity contribution in [2.75, 3.05) is 20.1 Å². The number of likely N-dealkylation sites (N-methyl/N-ethyl adjacent to an activating group) is 1. The van der Waals surface area contributed by atoms with Crippen LogP contribution in [0.5, 0.6) is 0 Å². The van der Waals surface area contributed by atoms with Gasteiger partial charge in [-0.05, 0) is 7.05 Å². The van der Waals surface area contributed by atoms with Crippen LogP contribution in [0, 0.1) is 0 Å². The van der Waals surface area contributed by atoms with Crippen molar-refractivity contribution in [3.8, 4) is 0 Å². The van der Waals surface area contributed by atoms with Crippen LogP contribution in [-0.2, 0) is 0 Å². The van der Waals surface area contributed by atoms with E-state index in [4.69, 9.17) is 5.73 Å². The van der Waals surface area contributed by atoms with Gasteiger partial charge in [0.25, 0.3) is 0 Å². The lowest BCUT2D eigenvalue weighted by molar-refractivity contribution is 0.940. The predicted molar refractivity (Wildman–Crippen MR) is 37.9 cm³/mol. The van der Waals surface area contributed by atoms with E-state index in [-0.39, 0.29) is 0 Å². The van der Waals surface area contributed by atoms with Crippen LogP contribution in [0.2, 0.25) is 0 Å². The molecule has 0 atom stereocenters. The average molecular weight is 126 g/mol. The van der Waals surface area contributed by atoms with Crippen molar-refractivity contribution in [1.82, 2.24) is 5.32 Å². The molecule has 0 fully saturated rings. The second-order valence-electron chi connectivity index (χ2n) is 1.87. The molecule has 0 saturated carbocycles. The minimum atomic E-state index is 0.566. The maximum atomic E-state index is 5.36. The molecule has 1 aliphatic rings. The summed E-state index contributed by atoms with van der Waals surface area (Å²) >= 11 is 0. The predicted octanol–water partition coefficient (Wildman–Crippen LogP) is -1.02. The fourth-order valence-corrected chi connectivity index (χ4v) is 0.662. The van der Waals surface area contributed by atoms with Crippen molar-refractivity contribution < 1.29 is 0 Å². The third-order valence-electron chi connectivity index (χ3n) is 1.03. The number of aliphatic imine (C=N–C) groups is 2. The van der Waals surface area contributed by atoms with Gasteiger partial charge in [-0.1, -0.05) is 0 Å². The van der Waals surface area contributed by atoms with Crippen molar-refractivity contribution >= 4 is 11.7 Å². The Labute approximate surface area is 53.9 Å². The zero-order chi connectivity index (χ0) is 6.69. The van der Waals surface area contributed by atoms with E-state index < -0.39 is 0 Å². The molecule has 9 heavy (non-hydrogen) atoms. The molecule has 1 rings (SSSR count). The summed E-state index contributed by atoms with van der Waals surface area (Å²) in [5.74, 6) is 1.41. The van der Waals surface area contributed by atoms with E-state index in [9.17, 15) is 0 Å². The Morgan fingerprint density at radius 3 is 3.00 bits per heavy atom. The Hall–Kier alpha value is -0.900.